The van der Waals surface area contributed by atoms with Crippen molar-refractivity contribution in [2.45, 2.75) is 38.4 Å². The zero-order chi connectivity index (χ0) is 23.2. The second kappa shape index (κ2) is 8.06. The average Bonchev–Trinajstić information content (AvgIpc) is 3.44. The van der Waals surface area contributed by atoms with Gasteiger partial charge in [-0.1, -0.05) is 24.3 Å². The number of hydrogen-bond donors (Lipinski definition) is 0. The third-order valence-electron chi connectivity index (χ3n) is 5.86. The molecule has 1 atom stereocenters. The summed E-state index contributed by atoms with van der Waals surface area (Å²) in [4.78, 5) is 8.80. The summed E-state index contributed by atoms with van der Waals surface area (Å²) in [6.45, 7) is 2.37. The predicted octanol–water partition coefficient (Wildman–Crippen LogP) is 5.86. The molecule has 0 saturated heterocycles. The van der Waals surface area contributed by atoms with Crippen molar-refractivity contribution >= 4 is 0 Å². The van der Waals surface area contributed by atoms with Crippen LogP contribution in [-0.4, -0.2) is 26.9 Å². The Balaban J connectivity index is 1.55. The summed E-state index contributed by atoms with van der Waals surface area (Å²) in [7, 11) is 1.56. The van der Waals surface area contributed by atoms with Gasteiger partial charge < -0.3 is 9.15 Å². The topological polar surface area (TPSA) is 66.0 Å². The Morgan fingerprint density at radius 2 is 1.97 bits per heavy atom. The Morgan fingerprint density at radius 1 is 1.15 bits per heavy atom. The summed E-state index contributed by atoms with van der Waals surface area (Å²) >= 11 is 0. The molecule has 2 aromatic carbocycles. The fourth-order valence-electron chi connectivity index (χ4n) is 4.35. The van der Waals surface area contributed by atoms with Crippen molar-refractivity contribution in [3.05, 3.63) is 71.5 Å². The highest BCUT2D eigenvalue weighted by atomic mass is 19.4. The molecule has 3 heterocycles. The Morgan fingerprint density at radius 3 is 2.70 bits per heavy atom. The summed E-state index contributed by atoms with van der Waals surface area (Å²) in [5.74, 6) is 2.20. The molecule has 1 aliphatic rings. The van der Waals surface area contributed by atoms with Crippen molar-refractivity contribution in [3.63, 3.8) is 0 Å². The van der Waals surface area contributed by atoms with Gasteiger partial charge in [-0.3, -0.25) is 0 Å². The highest BCUT2D eigenvalue weighted by Gasteiger charge is 2.37. The highest BCUT2D eigenvalue weighted by Crippen LogP contribution is 2.41. The standard InChI is InChI=1S/C24H21F3N4O2/c1-14-28-13-21(33-14)18-10-9-15(12-20(18)32-2)22-29-23-17(7-5-11-31(23)30-22)16-6-3-4-8-19(16)24(25,26)27/h3-4,6,8-10,12-13,17H,5,7,11H2,1-2H3. The van der Waals surface area contributed by atoms with Crippen LogP contribution in [0.2, 0.25) is 0 Å². The van der Waals surface area contributed by atoms with Gasteiger partial charge in [-0.15, -0.1) is 0 Å². The lowest BCUT2D eigenvalue weighted by Gasteiger charge is -2.25. The van der Waals surface area contributed by atoms with Gasteiger partial charge in [-0.2, -0.15) is 18.3 Å². The van der Waals surface area contributed by atoms with Crippen LogP contribution in [0.4, 0.5) is 13.2 Å². The molecule has 0 bridgehead atoms. The number of alkyl halides is 3. The van der Waals surface area contributed by atoms with Crippen LogP contribution in [0.3, 0.4) is 0 Å². The number of aryl methyl sites for hydroxylation is 2. The molecule has 170 valence electrons. The van der Waals surface area contributed by atoms with Gasteiger partial charge in [0.05, 0.1) is 24.4 Å². The van der Waals surface area contributed by atoms with Crippen LogP contribution in [0.15, 0.2) is 53.1 Å². The molecule has 0 fully saturated rings. The normalized spacial score (nSPS) is 16.0. The Bertz CT molecular complexity index is 1310. The van der Waals surface area contributed by atoms with Gasteiger partial charge in [0.25, 0.3) is 0 Å². The molecule has 0 radical (unpaired) electrons. The van der Waals surface area contributed by atoms with Gasteiger partial charge in [0.1, 0.15) is 11.6 Å². The van der Waals surface area contributed by atoms with Crippen molar-refractivity contribution in [1.29, 1.82) is 0 Å². The quantitative estimate of drug-likeness (QED) is 0.386. The number of fused-ring (bicyclic) bond motifs is 1. The lowest BCUT2D eigenvalue weighted by atomic mass is 9.88. The third kappa shape index (κ3) is 3.88. The summed E-state index contributed by atoms with van der Waals surface area (Å²) in [6.07, 6.45) is -1.49. The smallest absolute Gasteiger partial charge is 0.416 e. The summed E-state index contributed by atoms with van der Waals surface area (Å²) in [5, 5.41) is 4.60. The van der Waals surface area contributed by atoms with Gasteiger partial charge >= 0.3 is 6.18 Å². The number of hydrogen-bond acceptors (Lipinski definition) is 5. The van der Waals surface area contributed by atoms with E-state index in [9.17, 15) is 13.2 Å². The Kier molecular flexibility index (Phi) is 5.19. The van der Waals surface area contributed by atoms with E-state index in [0.29, 0.717) is 47.6 Å². The number of rotatable bonds is 4. The van der Waals surface area contributed by atoms with E-state index in [-0.39, 0.29) is 5.56 Å². The summed E-state index contributed by atoms with van der Waals surface area (Å²) in [6, 6.07) is 11.2. The maximum Gasteiger partial charge on any atom is 0.416 e. The van der Waals surface area contributed by atoms with Gasteiger partial charge in [0.2, 0.25) is 0 Å². The maximum absolute atomic E-state index is 13.6. The molecule has 1 aliphatic heterocycles. The van der Waals surface area contributed by atoms with Crippen LogP contribution in [-0.2, 0) is 12.7 Å². The van der Waals surface area contributed by atoms with Crippen LogP contribution in [0.25, 0.3) is 22.7 Å². The van der Waals surface area contributed by atoms with Gasteiger partial charge in [0, 0.05) is 24.9 Å². The van der Waals surface area contributed by atoms with Crippen LogP contribution in [0.1, 0.15) is 41.6 Å². The second-order valence-corrected chi connectivity index (χ2v) is 7.96. The monoisotopic (exact) mass is 454 g/mol. The molecular weight excluding hydrogens is 433 g/mol. The number of nitrogens with zero attached hydrogens (tertiary/aromatic N) is 4. The number of ether oxygens (including phenoxy) is 1. The first-order chi connectivity index (χ1) is 15.8. The van der Waals surface area contributed by atoms with E-state index in [1.807, 2.05) is 12.1 Å². The first-order valence-electron chi connectivity index (χ1n) is 10.6. The maximum atomic E-state index is 13.6. The molecule has 0 aliphatic carbocycles. The van der Waals surface area contributed by atoms with E-state index >= 15 is 0 Å². The minimum atomic E-state index is -4.43. The van der Waals surface area contributed by atoms with Crippen LogP contribution < -0.4 is 4.74 Å². The molecule has 6 nitrogen and oxygen atoms in total. The molecule has 5 rings (SSSR count). The minimum absolute atomic E-state index is 0.235. The lowest BCUT2D eigenvalue weighted by Crippen LogP contribution is -2.21. The zero-order valence-corrected chi connectivity index (χ0v) is 18.1. The van der Waals surface area contributed by atoms with E-state index in [1.165, 1.54) is 12.1 Å². The molecule has 1 unspecified atom stereocenters. The largest absolute Gasteiger partial charge is 0.496 e. The van der Waals surface area contributed by atoms with Crippen molar-refractivity contribution in [2.24, 2.45) is 0 Å². The fraction of sp³-hybridized carbons (Fsp3) is 0.292. The fourth-order valence-corrected chi connectivity index (χ4v) is 4.35. The number of aromatic nitrogens is 4. The molecule has 0 saturated carbocycles. The van der Waals surface area contributed by atoms with Crippen molar-refractivity contribution in [2.75, 3.05) is 7.11 Å². The number of benzene rings is 2. The molecular formula is C24H21F3N4O2. The number of halogens is 3. The highest BCUT2D eigenvalue weighted by molar-refractivity contribution is 5.71. The average molecular weight is 454 g/mol. The molecule has 0 spiro atoms. The Hall–Kier alpha value is -3.62. The third-order valence-corrected chi connectivity index (χ3v) is 5.86. The molecule has 2 aromatic heterocycles. The van der Waals surface area contributed by atoms with Gasteiger partial charge in [-0.25, -0.2) is 14.6 Å². The molecule has 0 N–H and O–H groups in total. The van der Waals surface area contributed by atoms with Crippen molar-refractivity contribution in [1.82, 2.24) is 19.7 Å². The number of methoxy groups -OCH3 is 1. The summed E-state index contributed by atoms with van der Waals surface area (Å²) in [5.41, 5.74) is 1.05. The first kappa shape index (κ1) is 21.2. The lowest BCUT2D eigenvalue weighted by molar-refractivity contribution is -0.138. The molecule has 9 heteroatoms. The van der Waals surface area contributed by atoms with Gasteiger partial charge in [0.15, 0.2) is 17.5 Å². The Labute approximate surface area is 188 Å². The van der Waals surface area contributed by atoms with Gasteiger partial charge in [-0.05, 0) is 36.6 Å². The SMILES string of the molecule is COc1cc(-c2nc3n(n2)CCCC3c2ccccc2C(F)(F)F)ccc1-c1cnc(C)o1. The van der Waals surface area contributed by atoms with E-state index in [0.717, 1.165) is 18.1 Å². The van der Waals surface area contributed by atoms with Crippen molar-refractivity contribution < 1.29 is 22.3 Å². The molecule has 4 aromatic rings. The van der Waals surface area contributed by atoms with E-state index in [2.05, 4.69) is 15.1 Å². The van der Waals surface area contributed by atoms with E-state index in [4.69, 9.17) is 9.15 Å². The van der Waals surface area contributed by atoms with E-state index in [1.54, 1.807) is 37.0 Å². The first-order valence-corrected chi connectivity index (χ1v) is 10.6. The molecule has 33 heavy (non-hydrogen) atoms. The van der Waals surface area contributed by atoms with E-state index < -0.39 is 17.7 Å². The predicted molar refractivity (Wildman–Crippen MR) is 115 cm³/mol. The van der Waals surface area contributed by atoms with Crippen LogP contribution in [0, 0.1) is 6.92 Å². The van der Waals surface area contributed by atoms with Crippen molar-refractivity contribution in [3.8, 4) is 28.5 Å². The number of oxazole rings is 1. The molecule has 0 amide bonds. The minimum Gasteiger partial charge on any atom is -0.496 e. The zero-order valence-electron chi connectivity index (χ0n) is 18.1. The second-order valence-electron chi connectivity index (χ2n) is 7.96. The summed E-state index contributed by atoms with van der Waals surface area (Å²) < 4.78 is 53.8. The van der Waals surface area contributed by atoms with Crippen LogP contribution >= 0.6 is 0 Å². The van der Waals surface area contributed by atoms with Crippen LogP contribution in [0.5, 0.6) is 5.75 Å².